The summed E-state index contributed by atoms with van der Waals surface area (Å²) in [6.45, 7) is -3.11. The van der Waals surface area contributed by atoms with Gasteiger partial charge in [0.15, 0.2) is 17.7 Å². The van der Waals surface area contributed by atoms with Crippen LogP contribution in [0.5, 0.6) is 5.75 Å². The zero-order valence-corrected chi connectivity index (χ0v) is 17.1. The highest BCUT2D eigenvalue weighted by atomic mass is 19.3. The summed E-state index contributed by atoms with van der Waals surface area (Å²) in [5, 5.41) is 6.63. The molecule has 0 radical (unpaired) electrons. The maximum atomic E-state index is 13.7. The van der Waals surface area contributed by atoms with Crippen molar-refractivity contribution in [3.05, 3.63) is 66.4 Å². The Morgan fingerprint density at radius 2 is 1.91 bits per heavy atom. The molecule has 1 saturated heterocycles. The normalized spacial score (nSPS) is 18.0. The molecule has 1 fully saturated rings. The SMILES string of the molecule is O=C(Cn1ccc(-c2ccccc2O[C@@H]2COCC2OC(F)F)n1)Nc1cccc(F)c1F. The maximum Gasteiger partial charge on any atom is 0.345 e. The summed E-state index contributed by atoms with van der Waals surface area (Å²) in [7, 11) is 0. The highest BCUT2D eigenvalue weighted by Crippen LogP contribution is 2.31. The Hall–Kier alpha value is -3.44. The van der Waals surface area contributed by atoms with Crippen LogP contribution in [0.25, 0.3) is 11.3 Å². The number of anilines is 1. The van der Waals surface area contributed by atoms with Gasteiger partial charge in [-0.25, -0.2) is 8.78 Å². The summed E-state index contributed by atoms with van der Waals surface area (Å²) in [6.07, 6.45) is -0.105. The number of aromatic nitrogens is 2. The Kier molecular flexibility index (Phi) is 6.90. The standard InChI is InChI=1S/C22H19F4N3O4/c23-14-5-3-6-16(21(14)24)27-20(30)10-29-9-8-15(28-29)13-4-1-2-7-17(13)32-18-11-31-12-19(18)33-22(25)26/h1-9,18-19,22H,10-12H2,(H,27,30)/t18-,19?/m1/s1. The van der Waals surface area contributed by atoms with E-state index in [1.165, 1.54) is 23.0 Å². The van der Waals surface area contributed by atoms with E-state index in [1.54, 1.807) is 30.3 Å². The van der Waals surface area contributed by atoms with Gasteiger partial charge in [-0.3, -0.25) is 9.48 Å². The number of halogens is 4. The summed E-state index contributed by atoms with van der Waals surface area (Å²) in [6, 6.07) is 12.0. The molecule has 1 aliphatic rings. The van der Waals surface area contributed by atoms with Crippen LogP contribution >= 0.6 is 0 Å². The Labute approximate surface area is 185 Å². The lowest BCUT2D eigenvalue weighted by Gasteiger charge is -2.20. The molecule has 11 heteroatoms. The van der Waals surface area contributed by atoms with Gasteiger partial charge >= 0.3 is 6.61 Å². The first-order chi connectivity index (χ1) is 15.9. The molecule has 4 rings (SSSR count). The van der Waals surface area contributed by atoms with Crippen LogP contribution in [0, 0.1) is 11.6 Å². The van der Waals surface area contributed by atoms with Gasteiger partial charge in [-0.05, 0) is 30.3 Å². The van der Waals surface area contributed by atoms with Gasteiger partial charge in [-0.15, -0.1) is 0 Å². The number of carbonyl (C=O) groups is 1. The molecule has 7 nitrogen and oxygen atoms in total. The van der Waals surface area contributed by atoms with Gasteiger partial charge in [0.1, 0.15) is 18.4 Å². The van der Waals surface area contributed by atoms with Gasteiger partial charge in [0.2, 0.25) is 5.91 Å². The molecular formula is C22H19F4N3O4. The highest BCUT2D eigenvalue weighted by Gasteiger charge is 2.34. The van der Waals surface area contributed by atoms with Crippen molar-refractivity contribution >= 4 is 11.6 Å². The maximum absolute atomic E-state index is 13.7. The van der Waals surface area contributed by atoms with E-state index in [4.69, 9.17) is 9.47 Å². The van der Waals surface area contributed by atoms with Crippen LogP contribution in [-0.4, -0.2) is 47.7 Å². The second-order valence-electron chi connectivity index (χ2n) is 7.17. The Balaban J connectivity index is 1.45. The molecule has 33 heavy (non-hydrogen) atoms. The summed E-state index contributed by atoms with van der Waals surface area (Å²) in [5.74, 6) is -2.44. The van der Waals surface area contributed by atoms with Crippen molar-refractivity contribution in [2.24, 2.45) is 0 Å². The van der Waals surface area contributed by atoms with Crippen molar-refractivity contribution in [3.8, 4) is 17.0 Å². The van der Waals surface area contributed by atoms with Crippen molar-refractivity contribution in [3.63, 3.8) is 0 Å². The predicted molar refractivity (Wildman–Crippen MR) is 109 cm³/mol. The number of ether oxygens (including phenoxy) is 3. The molecule has 0 saturated carbocycles. The first kappa shape index (κ1) is 22.7. The monoisotopic (exact) mass is 465 g/mol. The number of nitrogens with zero attached hydrogens (tertiary/aromatic N) is 2. The van der Waals surface area contributed by atoms with Crippen molar-refractivity contribution in [1.29, 1.82) is 0 Å². The number of para-hydroxylation sites is 1. The van der Waals surface area contributed by atoms with E-state index in [0.29, 0.717) is 17.0 Å². The lowest BCUT2D eigenvalue weighted by Crippen LogP contribution is -2.34. The lowest BCUT2D eigenvalue weighted by molar-refractivity contribution is -0.175. The third-order valence-electron chi connectivity index (χ3n) is 4.87. The molecule has 1 unspecified atom stereocenters. The van der Waals surface area contributed by atoms with Crippen LogP contribution in [0.2, 0.25) is 0 Å². The van der Waals surface area contributed by atoms with Crippen molar-refractivity contribution in [1.82, 2.24) is 9.78 Å². The third-order valence-corrected chi connectivity index (χ3v) is 4.87. The van der Waals surface area contributed by atoms with Crippen LogP contribution in [0.3, 0.4) is 0 Å². The molecule has 3 aromatic rings. The van der Waals surface area contributed by atoms with E-state index >= 15 is 0 Å². The van der Waals surface area contributed by atoms with E-state index in [2.05, 4.69) is 15.2 Å². The molecule has 2 atom stereocenters. The van der Waals surface area contributed by atoms with Crippen LogP contribution < -0.4 is 10.1 Å². The number of benzene rings is 2. The number of alkyl halides is 2. The fourth-order valence-electron chi connectivity index (χ4n) is 3.36. The van der Waals surface area contributed by atoms with E-state index in [0.717, 1.165) is 6.07 Å². The average Bonchev–Trinajstić information content (AvgIpc) is 3.41. The number of carbonyl (C=O) groups excluding carboxylic acids is 1. The van der Waals surface area contributed by atoms with Gasteiger partial charge in [0.05, 0.1) is 24.6 Å². The molecule has 1 N–H and O–H groups in total. The van der Waals surface area contributed by atoms with E-state index < -0.39 is 36.4 Å². The van der Waals surface area contributed by atoms with Gasteiger partial charge in [0, 0.05) is 11.8 Å². The number of rotatable bonds is 8. The van der Waals surface area contributed by atoms with Crippen LogP contribution in [0.15, 0.2) is 54.7 Å². The van der Waals surface area contributed by atoms with Gasteiger partial charge in [0.25, 0.3) is 0 Å². The van der Waals surface area contributed by atoms with Crippen LogP contribution in [0.1, 0.15) is 0 Å². The second kappa shape index (κ2) is 10.0. The molecule has 2 heterocycles. The lowest BCUT2D eigenvalue weighted by atomic mass is 10.1. The summed E-state index contributed by atoms with van der Waals surface area (Å²) < 4.78 is 69.2. The van der Waals surface area contributed by atoms with Gasteiger partial charge < -0.3 is 19.5 Å². The van der Waals surface area contributed by atoms with Gasteiger partial charge in [-0.2, -0.15) is 13.9 Å². The minimum Gasteiger partial charge on any atom is -0.484 e. The molecule has 1 amide bonds. The Morgan fingerprint density at radius 3 is 2.73 bits per heavy atom. The van der Waals surface area contributed by atoms with Crippen molar-refractivity contribution in [2.45, 2.75) is 25.4 Å². The number of amides is 1. The highest BCUT2D eigenvalue weighted by molar-refractivity contribution is 5.90. The summed E-state index contributed by atoms with van der Waals surface area (Å²) >= 11 is 0. The largest absolute Gasteiger partial charge is 0.484 e. The fourth-order valence-corrected chi connectivity index (χ4v) is 3.36. The number of hydrogen-bond donors (Lipinski definition) is 1. The minimum atomic E-state index is -2.94. The van der Waals surface area contributed by atoms with Gasteiger partial charge in [-0.1, -0.05) is 18.2 Å². The molecule has 0 bridgehead atoms. The fraction of sp³-hybridized carbons (Fsp3) is 0.273. The zero-order chi connectivity index (χ0) is 23.4. The Morgan fingerprint density at radius 1 is 1.12 bits per heavy atom. The van der Waals surface area contributed by atoms with E-state index in [-0.39, 0.29) is 25.4 Å². The summed E-state index contributed by atoms with van der Waals surface area (Å²) in [4.78, 5) is 12.2. The van der Waals surface area contributed by atoms with Crippen LogP contribution in [-0.2, 0) is 20.8 Å². The molecule has 0 spiro atoms. The van der Waals surface area contributed by atoms with Crippen molar-refractivity contribution < 1.29 is 36.6 Å². The van der Waals surface area contributed by atoms with E-state index in [1.807, 2.05) is 0 Å². The van der Waals surface area contributed by atoms with Crippen molar-refractivity contribution in [2.75, 3.05) is 18.5 Å². The minimum absolute atomic E-state index is 0.00712. The first-order valence-electron chi connectivity index (χ1n) is 9.95. The molecule has 2 aromatic carbocycles. The Bertz CT molecular complexity index is 1120. The molecule has 1 aliphatic heterocycles. The molecule has 0 aliphatic carbocycles. The first-order valence-corrected chi connectivity index (χ1v) is 9.95. The zero-order valence-electron chi connectivity index (χ0n) is 17.1. The average molecular weight is 465 g/mol. The second-order valence-corrected chi connectivity index (χ2v) is 7.17. The number of hydrogen-bond acceptors (Lipinski definition) is 5. The van der Waals surface area contributed by atoms with Crippen LogP contribution in [0.4, 0.5) is 23.2 Å². The molecule has 1 aromatic heterocycles. The molecule has 174 valence electrons. The smallest absolute Gasteiger partial charge is 0.345 e. The van der Waals surface area contributed by atoms with E-state index in [9.17, 15) is 22.4 Å². The predicted octanol–water partition coefficient (Wildman–Crippen LogP) is 3.85. The quantitative estimate of drug-likeness (QED) is 0.512. The molecular weight excluding hydrogens is 446 g/mol. The topological polar surface area (TPSA) is 74.6 Å². The third kappa shape index (κ3) is 5.49. The number of nitrogens with one attached hydrogen (secondary N) is 1. The summed E-state index contributed by atoms with van der Waals surface area (Å²) in [5.41, 5.74) is 0.751.